The molecule has 0 saturated carbocycles. The van der Waals surface area contributed by atoms with Gasteiger partial charge in [0.1, 0.15) is 5.82 Å². The lowest BCUT2D eigenvalue weighted by molar-refractivity contribution is -0.137. The van der Waals surface area contributed by atoms with Crippen LogP contribution in [0.5, 0.6) is 0 Å². The Kier molecular flexibility index (Phi) is 2.31. The third-order valence-corrected chi connectivity index (χ3v) is 1.84. The Balaban J connectivity index is 3.53. The highest BCUT2D eigenvalue weighted by Gasteiger charge is 2.36. The first-order valence-electron chi connectivity index (χ1n) is 3.66. The highest BCUT2D eigenvalue weighted by Crippen LogP contribution is 2.38. The van der Waals surface area contributed by atoms with E-state index in [1.54, 1.807) is 0 Å². The Morgan fingerprint density at radius 2 is 1.64 bits per heavy atom. The molecule has 0 atom stereocenters. The second-order valence-corrected chi connectivity index (χ2v) is 2.87. The third kappa shape index (κ3) is 1.59. The van der Waals surface area contributed by atoms with Crippen LogP contribution in [-0.2, 0) is 6.18 Å². The number of hydrogen-bond acceptors (Lipinski definition) is 2. The Bertz CT molecular complexity index is 371. The van der Waals surface area contributed by atoms with E-state index < -0.39 is 28.8 Å². The van der Waals surface area contributed by atoms with Crippen LogP contribution in [0.3, 0.4) is 0 Å². The van der Waals surface area contributed by atoms with Crippen molar-refractivity contribution in [2.75, 3.05) is 11.5 Å². The summed E-state index contributed by atoms with van der Waals surface area (Å²) < 4.78 is 50.0. The van der Waals surface area contributed by atoms with Gasteiger partial charge >= 0.3 is 6.18 Å². The fourth-order valence-corrected chi connectivity index (χ4v) is 1.22. The fraction of sp³-hybridized carbons (Fsp3) is 0.250. The summed E-state index contributed by atoms with van der Waals surface area (Å²) in [6.45, 7) is 0.991. The molecule has 0 saturated heterocycles. The summed E-state index contributed by atoms with van der Waals surface area (Å²) >= 11 is 0. The van der Waals surface area contributed by atoms with Crippen LogP contribution in [0.25, 0.3) is 0 Å². The van der Waals surface area contributed by atoms with Gasteiger partial charge in [-0.3, -0.25) is 0 Å². The lowest BCUT2D eigenvalue weighted by Crippen LogP contribution is -2.13. The molecule has 14 heavy (non-hydrogen) atoms. The van der Waals surface area contributed by atoms with E-state index in [4.69, 9.17) is 11.5 Å². The first kappa shape index (κ1) is 10.6. The molecule has 0 aromatic heterocycles. The minimum absolute atomic E-state index is 0.381. The van der Waals surface area contributed by atoms with Gasteiger partial charge in [-0.05, 0) is 13.0 Å². The van der Waals surface area contributed by atoms with Crippen molar-refractivity contribution in [1.29, 1.82) is 0 Å². The summed E-state index contributed by atoms with van der Waals surface area (Å²) in [5.41, 5.74) is 7.54. The van der Waals surface area contributed by atoms with Crippen molar-refractivity contribution < 1.29 is 17.6 Å². The van der Waals surface area contributed by atoms with Gasteiger partial charge in [-0.25, -0.2) is 4.39 Å². The number of nitrogens with two attached hydrogens (primary N) is 2. The van der Waals surface area contributed by atoms with Gasteiger partial charge in [-0.1, -0.05) is 0 Å². The van der Waals surface area contributed by atoms with E-state index in [-0.39, 0.29) is 5.69 Å². The molecule has 0 radical (unpaired) electrons. The average molecular weight is 208 g/mol. The number of nitrogen functional groups attached to an aromatic ring is 2. The molecule has 0 aliphatic carbocycles. The molecule has 2 nitrogen and oxygen atoms in total. The summed E-state index contributed by atoms with van der Waals surface area (Å²) in [4.78, 5) is 0. The molecule has 4 N–H and O–H groups in total. The fourth-order valence-electron chi connectivity index (χ4n) is 1.22. The zero-order valence-electron chi connectivity index (χ0n) is 7.24. The van der Waals surface area contributed by atoms with E-state index in [1.165, 1.54) is 0 Å². The second kappa shape index (κ2) is 3.04. The smallest absolute Gasteiger partial charge is 0.398 e. The Morgan fingerprint density at radius 3 is 2.07 bits per heavy atom. The third-order valence-electron chi connectivity index (χ3n) is 1.84. The van der Waals surface area contributed by atoms with Gasteiger partial charge in [0.2, 0.25) is 0 Å². The van der Waals surface area contributed by atoms with Crippen molar-refractivity contribution in [2.45, 2.75) is 13.1 Å². The molecule has 0 unspecified atom stereocenters. The van der Waals surface area contributed by atoms with Crippen LogP contribution in [0.4, 0.5) is 28.9 Å². The Hall–Kier alpha value is -1.46. The molecule has 78 valence electrons. The van der Waals surface area contributed by atoms with Gasteiger partial charge in [0.15, 0.2) is 0 Å². The van der Waals surface area contributed by atoms with E-state index in [1.807, 2.05) is 0 Å². The number of rotatable bonds is 0. The Labute approximate surface area is 77.5 Å². The maximum absolute atomic E-state index is 13.0. The van der Waals surface area contributed by atoms with Gasteiger partial charge in [0.25, 0.3) is 0 Å². The van der Waals surface area contributed by atoms with Crippen LogP contribution in [-0.4, -0.2) is 0 Å². The van der Waals surface area contributed by atoms with Crippen molar-refractivity contribution in [3.05, 3.63) is 23.0 Å². The molecule has 1 aromatic carbocycles. The van der Waals surface area contributed by atoms with Gasteiger partial charge in [0, 0.05) is 11.3 Å². The summed E-state index contributed by atoms with van der Waals surface area (Å²) in [6.07, 6.45) is -4.66. The molecule has 0 spiro atoms. The van der Waals surface area contributed by atoms with E-state index >= 15 is 0 Å². The molecule has 0 heterocycles. The van der Waals surface area contributed by atoms with E-state index in [2.05, 4.69) is 0 Å². The first-order chi connectivity index (χ1) is 6.25. The largest absolute Gasteiger partial charge is 0.418 e. The molecule has 0 aliphatic heterocycles. The number of halogens is 4. The van der Waals surface area contributed by atoms with Crippen molar-refractivity contribution >= 4 is 11.4 Å². The normalized spacial score (nSPS) is 11.8. The second-order valence-electron chi connectivity index (χ2n) is 2.87. The van der Waals surface area contributed by atoms with Crippen LogP contribution in [0.2, 0.25) is 0 Å². The van der Waals surface area contributed by atoms with Crippen LogP contribution < -0.4 is 11.5 Å². The molecule has 1 rings (SSSR count). The summed E-state index contributed by atoms with van der Waals surface area (Å²) in [5.74, 6) is -1.08. The van der Waals surface area contributed by atoms with Crippen molar-refractivity contribution in [1.82, 2.24) is 0 Å². The summed E-state index contributed by atoms with van der Waals surface area (Å²) in [7, 11) is 0. The predicted molar refractivity (Wildman–Crippen MR) is 45.0 cm³/mol. The van der Waals surface area contributed by atoms with Crippen molar-refractivity contribution in [2.24, 2.45) is 0 Å². The minimum atomic E-state index is -4.66. The van der Waals surface area contributed by atoms with Gasteiger partial charge < -0.3 is 11.5 Å². The number of hydrogen-bond donors (Lipinski definition) is 2. The van der Waals surface area contributed by atoms with Crippen molar-refractivity contribution in [3.8, 4) is 0 Å². The highest BCUT2D eigenvalue weighted by molar-refractivity contribution is 5.62. The van der Waals surface area contributed by atoms with Crippen molar-refractivity contribution in [3.63, 3.8) is 0 Å². The average Bonchev–Trinajstić information content (AvgIpc) is 1.97. The highest BCUT2D eigenvalue weighted by atomic mass is 19.4. The van der Waals surface area contributed by atoms with Crippen LogP contribution in [0.1, 0.15) is 11.1 Å². The standard InChI is InChI=1S/C8H8F4N2/c1-3-6(8(10,11)12)4(13)2-5(14)7(3)9/h2H,13-14H2,1H3. The molecule has 1 aromatic rings. The molecular formula is C8H8F4N2. The molecule has 0 aliphatic rings. The Morgan fingerprint density at radius 1 is 1.14 bits per heavy atom. The van der Waals surface area contributed by atoms with Gasteiger partial charge in [-0.15, -0.1) is 0 Å². The lowest BCUT2D eigenvalue weighted by atomic mass is 10.0. The molecule has 0 bridgehead atoms. The molecule has 6 heteroatoms. The van der Waals surface area contributed by atoms with Gasteiger partial charge in [0.05, 0.1) is 11.3 Å². The molecule has 0 fully saturated rings. The zero-order chi connectivity index (χ0) is 11.1. The SMILES string of the molecule is Cc1c(F)c(N)cc(N)c1C(F)(F)F. The van der Waals surface area contributed by atoms with Gasteiger partial charge in [-0.2, -0.15) is 13.2 Å². The predicted octanol–water partition coefficient (Wildman–Crippen LogP) is 2.32. The zero-order valence-corrected chi connectivity index (χ0v) is 7.24. The molecular weight excluding hydrogens is 200 g/mol. The summed E-state index contributed by atoms with van der Waals surface area (Å²) in [6, 6.07) is 0.769. The number of benzene rings is 1. The van der Waals surface area contributed by atoms with E-state index in [9.17, 15) is 17.6 Å². The summed E-state index contributed by atoms with van der Waals surface area (Å²) in [5, 5.41) is 0. The molecule has 0 amide bonds. The van der Waals surface area contributed by atoms with Crippen LogP contribution >= 0.6 is 0 Å². The number of alkyl halides is 3. The van der Waals surface area contributed by atoms with Crippen LogP contribution in [0.15, 0.2) is 6.07 Å². The number of anilines is 2. The topological polar surface area (TPSA) is 52.0 Å². The van der Waals surface area contributed by atoms with E-state index in [0.29, 0.717) is 0 Å². The maximum Gasteiger partial charge on any atom is 0.418 e. The lowest BCUT2D eigenvalue weighted by Gasteiger charge is -2.14. The van der Waals surface area contributed by atoms with E-state index in [0.717, 1.165) is 13.0 Å². The maximum atomic E-state index is 13.0. The monoisotopic (exact) mass is 208 g/mol. The quantitative estimate of drug-likeness (QED) is 0.507. The van der Waals surface area contributed by atoms with Crippen LogP contribution in [0, 0.1) is 12.7 Å². The first-order valence-corrected chi connectivity index (χ1v) is 3.66. The minimum Gasteiger partial charge on any atom is -0.398 e.